The number of hydrogen-bond acceptors (Lipinski definition) is 6. The van der Waals surface area contributed by atoms with Gasteiger partial charge in [0.25, 0.3) is 5.56 Å². The topological polar surface area (TPSA) is 76.5 Å². The van der Waals surface area contributed by atoms with Crippen molar-refractivity contribution in [2.24, 2.45) is 0 Å². The second-order valence-electron chi connectivity index (χ2n) is 10.9. The number of ether oxygens (including phenoxy) is 1. The molecule has 0 atom stereocenters. The molecule has 0 radical (unpaired) electrons. The maximum Gasteiger partial charge on any atom is 0.250 e. The van der Waals surface area contributed by atoms with E-state index in [9.17, 15) is 14.0 Å². The van der Waals surface area contributed by atoms with E-state index in [-0.39, 0.29) is 17.5 Å². The Hall–Kier alpha value is -4.60. The number of nitrogens with one attached hydrogen (secondary N) is 1. The summed E-state index contributed by atoms with van der Waals surface area (Å²) in [5.41, 5.74) is 7.26. The van der Waals surface area contributed by atoms with Crippen molar-refractivity contribution in [1.82, 2.24) is 19.8 Å². The van der Waals surface area contributed by atoms with Gasteiger partial charge in [-0.15, -0.1) is 11.3 Å². The first-order valence-electron chi connectivity index (χ1n) is 14.2. The second kappa shape index (κ2) is 10.9. The lowest BCUT2D eigenvalue weighted by atomic mass is 9.93. The predicted molar refractivity (Wildman–Crippen MR) is 168 cm³/mol. The van der Waals surface area contributed by atoms with Crippen LogP contribution in [0.15, 0.2) is 83.6 Å². The first-order chi connectivity index (χ1) is 20.9. The van der Waals surface area contributed by atoms with E-state index in [4.69, 9.17) is 9.72 Å². The molecule has 1 fully saturated rings. The Balaban J connectivity index is 1.45. The first kappa shape index (κ1) is 27.2. The summed E-state index contributed by atoms with van der Waals surface area (Å²) in [4.78, 5) is 32.1. The van der Waals surface area contributed by atoms with Crippen LogP contribution in [-0.4, -0.2) is 47.1 Å². The third-order valence-electron chi connectivity index (χ3n) is 8.36. The van der Waals surface area contributed by atoms with Gasteiger partial charge in [0.15, 0.2) is 0 Å². The Morgan fingerprint density at radius 3 is 2.74 bits per heavy atom. The van der Waals surface area contributed by atoms with Gasteiger partial charge in [-0.3, -0.25) is 9.59 Å². The number of thiophene rings is 1. The van der Waals surface area contributed by atoms with Crippen molar-refractivity contribution in [2.75, 3.05) is 26.7 Å². The van der Waals surface area contributed by atoms with Gasteiger partial charge in [0.1, 0.15) is 11.6 Å². The molecule has 3 aromatic heterocycles. The molecule has 0 spiro atoms. The summed E-state index contributed by atoms with van der Waals surface area (Å²) in [7, 11) is 1.53. The number of carbonyl (C=O) groups excluding carboxylic acids is 1. The van der Waals surface area contributed by atoms with Crippen LogP contribution in [0.1, 0.15) is 17.2 Å². The maximum atomic E-state index is 14.3. The molecule has 7 rings (SSSR count). The molecule has 216 valence electrons. The highest BCUT2D eigenvalue weighted by Gasteiger charge is 2.31. The Labute approximate surface area is 251 Å². The number of rotatable bonds is 6. The number of methoxy groups -OCH3 is 1. The summed E-state index contributed by atoms with van der Waals surface area (Å²) < 4.78 is 22.7. The van der Waals surface area contributed by atoms with Crippen LogP contribution in [0.4, 0.5) is 4.39 Å². The van der Waals surface area contributed by atoms with E-state index in [2.05, 4.69) is 36.2 Å². The number of nitrogens with zero attached hydrogens (tertiary/aromatic N) is 3. The van der Waals surface area contributed by atoms with Crippen molar-refractivity contribution in [2.45, 2.75) is 19.0 Å². The quantitative estimate of drug-likeness (QED) is 0.252. The number of halogens is 1. The summed E-state index contributed by atoms with van der Waals surface area (Å²) >= 11 is 1.59. The lowest BCUT2D eigenvalue weighted by Gasteiger charge is -2.39. The first-order valence-corrected chi connectivity index (χ1v) is 15.0. The molecule has 5 aromatic rings. The average molecular weight is 593 g/mol. The van der Waals surface area contributed by atoms with Gasteiger partial charge in [-0.1, -0.05) is 18.7 Å². The molecule has 7 nitrogen and oxygen atoms in total. The fraction of sp³-hybridized carbons (Fsp3) is 0.206. The molecule has 2 aromatic carbocycles. The number of hydrogen-bond donors (Lipinski definition) is 1. The van der Waals surface area contributed by atoms with Gasteiger partial charge in [0.2, 0.25) is 5.91 Å². The molecule has 1 amide bonds. The lowest BCUT2D eigenvalue weighted by Crippen LogP contribution is -2.52. The summed E-state index contributed by atoms with van der Waals surface area (Å²) in [6.07, 6.45) is 4.06. The maximum absolute atomic E-state index is 14.3. The molecule has 1 saturated heterocycles. The van der Waals surface area contributed by atoms with Gasteiger partial charge in [-0.05, 0) is 65.9 Å². The molecule has 0 bridgehead atoms. The fourth-order valence-corrected chi connectivity index (χ4v) is 7.03. The van der Waals surface area contributed by atoms with E-state index in [0.717, 1.165) is 52.0 Å². The molecular formula is C34H29FN4O3S. The second-order valence-corrected chi connectivity index (χ2v) is 11.8. The van der Waals surface area contributed by atoms with Crippen molar-refractivity contribution in [3.05, 3.63) is 106 Å². The van der Waals surface area contributed by atoms with Gasteiger partial charge in [0.05, 0.1) is 24.5 Å². The van der Waals surface area contributed by atoms with E-state index in [1.165, 1.54) is 36.4 Å². The number of pyridine rings is 2. The van der Waals surface area contributed by atoms with Gasteiger partial charge < -0.3 is 19.5 Å². The third-order valence-corrected chi connectivity index (χ3v) is 9.29. The highest BCUT2D eigenvalue weighted by atomic mass is 32.1. The van der Waals surface area contributed by atoms with Crippen LogP contribution in [0, 0.1) is 5.82 Å². The predicted octanol–water partition coefficient (Wildman–Crippen LogP) is 5.82. The minimum absolute atomic E-state index is 0.151. The van der Waals surface area contributed by atoms with Gasteiger partial charge in [-0.25, -0.2) is 9.37 Å². The number of benzene rings is 2. The third kappa shape index (κ3) is 4.74. The summed E-state index contributed by atoms with van der Waals surface area (Å²) in [6.45, 7) is 6.21. The standard InChI is InChI=1S/C34H29FN4O3S/c1-3-29(40)38-18-25(19-38)39-17-23(6-9-30(39)41)33-31(26-8-7-24(35)15-28(26)42-2)34-27(11-13-43-34)32(37-33)21-4-5-22-16-36-12-10-20(22)14-21/h3-9,11,13-15,17,25,36H,1,10,12,16,18-19H2,2H3. The summed E-state index contributed by atoms with van der Waals surface area (Å²) in [5.74, 6) is -0.144. The summed E-state index contributed by atoms with van der Waals surface area (Å²) in [6, 6.07) is 16.3. The van der Waals surface area contributed by atoms with Crippen molar-refractivity contribution >= 4 is 27.3 Å². The molecule has 0 unspecified atom stereocenters. The van der Waals surface area contributed by atoms with Crippen LogP contribution in [-0.2, 0) is 17.8 Å². The summed E-state index contributed by atoms with van der Waals surface area (Å²) in [5, 5.41) is 6.47. The van der Waals surface area contributed by atoms with E-state index in [1.54, 1.807) is 39.0 Å². The normalized spacial score (nSPS) is 14.8. The molecule has 1 N–H and O–H groups in total. The van der Waals surface area contributed by atoms with Crippen molar-refractivity contribution < 1.29 is 13.9 Å². The molecule has 0 aliphatic carbocycles. The van der Waals surface area contributed by atoms with Gasteiger partial charge in [-0.2, -0.15) is 0 Å². The molecule has 0 saturated carbocycles. The number of fused-ring (bicyclic) bond motifs is 2. The molecule has 2 aliphatic rings. The number of amides is 1. The highest BCUT2D eigenvalue weighted by molar-refractivity contribution is 7.18. The fourth-order valence-electron chi connectivity index (χ4n) is 6.07. The number of likely N-dealkylation sites (tertiary alicyclic amines) is 1. The van der Waals surface area contributed by atoms with Crippen LogP contribution in [0.5, 0.6) is 5.75 Å². The molecule has 5 heterocycles. The van der Waals surface area contributed by atoms with Crippen LogP contribution >= 0.6 is 11.3 Å². The van der Waals surface area contributed by atoms with Gasteiger partial charge in [0, 0.05) is 70.3 Å². The Kier molecular flexibility index (Phi) is 6.91. The van der Waals surface area contributed by atoms with Crippen molar-refractivity contribution in [3.63, 3.8) is 0 Å². The van der Waals surface area contributed by atoms with Crippen LogP contribution in [0.2, 0.25) is 0 Å². The van der Waals surface area contributed by atoms with Gasteiger partial charge >= 0.3 is 0 Å². The van der Waals surface area contributed by atoms with E-state index >= 15 is 0 Å². The minimum atomic E-state index is -0.394. The molecular weight excluding hydrogens is 563 g/mol. The monoisotopic (exact) mass is 592 g/mol. The van der Waals surface area contributed by atoms with E-state index < -0.39 is 5.82 Å². The van der Waals surface area contributed by atoms with E-state index in [1.807, 2.05) is 11.6 Å². The Bertz CT molecular complexity index is 1970. The zero-order valence-corrected chi connectivity index (χ0v) is 24.4. The number of carbonyl (C=O) groups is 1. The SMILES string of the molecule is C=CC(=O)N1CC(n2cc(-c3nc(-c4ccc5c(c4)CCNC5)c4ccsc4c3-c3ccc(F)cc3OC)ccc2=O)C1. The van der Waals surface area contributed by atoms with Crippen molar-refractivity contribution in [3.8, 4) is 39.4 Å². The van der Waals surface area contributed by atoms with Crippen molar-refractivity contribution in [1.29, 1.82) is 0 Å². The lowest BCUT2D eigenvalue weighted by molar-refractivity contribution is -0.131. The van der Waals surface area contributed by atoms with Crippen LogP contribution < -0.4 is 15.6 Å². The largest absolute Gasteiger partial charge is 0.496 e. The van der Waals surface area contributed by atoms with Crippen LogP contribution in [0.25, 0.3) is 43.7 Å². The Morgan fingerprint density at radius 1 is 1.09 bits per heavy atom. The highest BCUT2D eigenvalue weighted by Crippen LogP contribution is 2.46. The minimum Gasteiger partial charge on any atom is -0.496 e. The molecule has 43 heavy (non-hydrogen) atoms. The number of aromatic nitrogens is 2. The molecule has 9 heteroatoms. The Morgan fingerprint density at radius 2 is 1.93 bits per heavy atom. The van der Waals surface area contributed by atoms with E-state index in [0.29, 0.717) is 30.1 Å². The molecule has 2 aliphatic heterocycles. The zero-order valence-electron chi connectivity index (χ0n) is 23.6. The van der Waals surface area contributed by atoms with Crippen LogP contribution in [0.3, 0.4) is 0 Å². The smallest absolute Gasteiger partial charge is 0.250 e. The average Bonchev–Trinajstić information content (AvgIpc) is 3.50. The zero-order chi connectivity index (χ0) is 29.7.